The molecule has 7 nitrogen and oxygen atoms in total. The van der Waals surface area contributed by atoms with Gasteiger partial charge in [0, 0.05) is 37.8 Å². The lowest BCUT2D eigenvalue weighted by Crippen LogP contribution is -2.31. The third-order valence-electron chi connectivity index (χ3n) is 6.03. The number of fused-ring (bicyclic) bond motifs is 1. The number of hydrogen-bond donors (Lipinski definition) is 1. The highest BCUT2D eigenvalue weighted by Gasteiger charge is 2.47. The van der Waals surface area contributed by atoms with Crippen molar-refractivity contribution in [3.05, 3.63) is 64.7 Å². The van der Waals surface area contributed by atoms with Crippen LogP contribution in [0, 0.1) is 0 Å². The van der Waals surface area contributed by atoms with Crippen LogP contribution in [0.4, 0.5) is 0 Å². The van der Waals surface area contributed by atoms with Crippen molar-refractivity contribution >= 4 is 17.4 Å². The summed E-state index contributed by atoms with van der Waals surface area (Å²) in [5.74, 6) is -0.191. The van der Waals surface area contributed by atoms with Gasteiger partial charge in [0.2, 0.25) is 0 Å². The van der Waals surface area contributed by atoms with Gasteiger partial charge in [-0.1, -0.05) is 18.2 Å². The van der Waals surface area contributed by atoms with Crippen LogP contribution >= 0.6 is 0 Å². The number of likely N-dealkylation sites (tertiary alicyclic amines) is 1. The van der Waals surface area contributed by atoms with E-state index in [2.05, 4.69) is 0 Å². The summed E-state index contributed by atoms with van der Waals surface area (Å²) in [6, 6.07) is 11.9. The Balaban J connectivity index is 1.84. The highest BCUT2D eigenvalue weighted by atomic mass is 16.5. The summed E-state index contributed by atoms with van der Waals surface area (Å²) in [4.78, 5) is 27.9. The molecule has 2 heterocycles. The number of aliphatic hydroxyl groups excluding tert-OH is 1. The molecule has 2 atom stereocenters. The van der Waals surface area contributed by atoms with Crippen molar-refractivity contribution < 1.29 is 28.9 Å². The monoisotopic (exact) mass is 465 g/mol. The van der Waals surface area contributed by atoms with Crippen LogP contribution in [0.5, 0.6) is 11.5 Å². The molecule has 1 amide bonds. The SMILES string of the molecule is COCCCN1C(=O)C(=O)/C(=C(/O)c2ccc3c(c2)CC(C)O3)C1c1ccccc1OC(C)C. The van der Waals surface area contributed by atoms with Crippen LogP contribution in [0.25, 0.3) is 5.76 Å². The fraction of sp³-hybridized carbons (Fsp3) is 0.407. The van der Waals surface area contributed by atoms with E-state index in [0.29, 0.717) is 36.4 Å². The predicted molar refractivity (Wildman–Crippen MR) is 128 cm³/mol. The maximum atomic E-state index is 13.3. The number of ketones is 1. The first kappa shape index (κ1) is 23.8. The Morgan fingerprint density at radius 3 is 2.71 bits per heavy atom. The van der Waals surface area contributed by atoms with E-state index in [4.69, 9.17) is 14.2 Å². The first-order chi connectivity index (χ1) is 16.3. The molecule has 2 unspecified atom stereocenters. The Labute approximate surface area is 199 Å². The molecule has 7 heteroatoms. The van der Waals surface area contributed by atoms with Gasteiger partial charge in [0.15, 0.2) is 0 Å². The summed E-state index contributed by atoms with van der Waals surface area (Å²) in [6.45, 7) is 6.57. The fourth-order valence-corrected chi connectivity index (χ4v) is 4.61. The highest BCUT2D eigenvalue weighted by Crippen LogP contribution is 2.43. The smallest absolute Gasteiger partial charge is 0.295 e. The maximum Gasteiger partial charge on any atom is 0.295 e. The Morgan fingerprint density at radius 2 is 1.97 bits per heavy atom. The molecular formula is C27H31NO6. The molecule has 2 aromatic rings. The van der Waals surface area contributed by atoms with Gasteiger partial charge in [0.1, 0.15) is 23.4 Å². The van der Waals surface area contributed by atoms with Gasteiger partial charge < -0.3 is 24.2 Å². The summed E-state index contributed by atoms with van der Waals surface area (Å²) in [7, 11) is 1.59. The van der Waals surface area contributed by atoms with E-state index in [1.807, 2.05) is 51.1 Å². The molecule has 1 N–H and O–H groups in total. The second kappa shape index (κ2) is 9.89. The number of rotatable bonds is 8. The van der Waals surface area contributed by atoms with Crippen molar-refractivity contribution in [1.82, 2.24) is 4.90 Å². The number of nitrogens with zero attached hydrogens (tertiary/aromatic N) is 1. The largest absolute Gasteiger partial charge is 0.507 e. The van der Waals surface area contributed by atoms with Crippen LogP contribution < -0.4 is 9.47 Å². The molecule has 0 saturated carbocycles. The second-order valence-electron chi connectivity index (χ2n) is 9.00. The lowest BCUT2D eigenvalue weighted by molar-refractivity contribution is -0.140. The average molecular weight is 466 g/mol. The van der Waals surface area contributed by atoms with Crippen molar-refractivity contribution in [2.75, 3.05) is 20.3 Å². The number of ether oxygens (including phenoxy) is 3. The Bertz CT molecular complexity index is 1120. The molecule has 1 fully saturated rings. The molecule has 180 valence electrons. The number of carbonyl (C=O) groups excluding carboxylic acids is 2. The minimum atomic E-state index is -0.768. The van der Waals surface area contributed by atoms with Crippen LogP contribution in [-0.4, -0.2) is 54.2 Å². The molecule has 0 aromatic heterocycles. The lowest BCUT2D eigenvalue weighted by atomic mass is 9.93. The molecule has 1 saturated heterocycles. The molecule has 0 bridgehead atoms. The molecule has 2 aliphatic heterocycles. The van der Waals surface area contributed by atoms with Crippen molar-refractivity contribution in [3.63, 3.8) is 0 Å². The number of hydrogen-bond acceptors (Lipinski definition) is 6. The molecule has 0 radical (unpaired) electrons. The van der Waals surface area contributed by atoms with Crippen LogP contribution in [-0.2, 0) is 20.7 Å². The van der Waals surface area contributed by atoms with Crippen molar-refractivity contribution in [1.29, 1.82) is 0 Å². The zero-order valence-corrected chi connectivity index (χ0v) is 20.0. The third-order valence-corrected chi connectivity index (χ3v) is 6.03. The molecular weight excluding hydrogens is 434 g/mol. The van der Waals surface area contributed by atoms with E-state index in [1.165, 1.54) is 4.90 Å². The second-order valence-corrected chi connectivity index (χ2v) is 9.00. The lowest BCUT2D eigenvalue weighted by Gasteiger charge is -2.27. The summed E-state index contributed by atoms with van der Waals surface area (Å²) in [6.07, 6.45) is 1.23. The van der Waals surface area contributed by atoms with E-state index < -0.39 is 17.7 Å². The number of Topliss-reactive ketones (excluding diaryl/α,β-unsaturated/α-hetero) is 1. The number of methoxy groups -OCH3 is 1. The van der Waals surface area contributed by atoms with Gasteiger partial charge >= 0.3 is 0 Å². The number of carbonyl (C=O) groups is 2. The quantitative estimate of drug-likeness (QED) is 0.271. The Hall–Kier alpha value is -3.32. The zero-order valence-electron chi connectivity index (χ0n) is 20.0. The third kappa shape index (κ3) is 4.53. The van der Waals surface area contributed by atoms with E-state index in [9.17, 15) is 14.7 Å². The summed E-state index contributed by atoms with van der Waals surface area (Å²) < 4.78 is 16.9. The standard InChI is InChI=1S/C27H31NO6/c1-16(2)33-22-9-6-5-8-20(22)24-23(26(30)27(31)28(24)12-7-13-32-4)25(29)18-10-11-21-19(15-18)14-17(3)34-21/h5-6,8-11,15-17,24,29H,7,12-14H2,1-4H3/b25-23+. The van der Waals surface area contributed by atoms with E-state index in [0.717, 1.165) is 17.7 Å². The summed E-state index contributed by atoms with van der Waals surface area (Å²) in [5.41, 5.74) is 2.17. The predicted octanol–water partition coefficient (Wildman–Crippen LogP) is 4.26. The van der Waals surface area contributed by atoms with Gasteiger partial charge in [-0.2, -0.15) is 0 Å². The first-order valence-corrected chi connectivity index (χ1v) is 11.6. The van der Waals surface area contributed by atoms with Gasteiger partial charge in [-0.25, -0.2) is 0 Å². The summed E-state index contributed by atoms with van der Waals surface area (Å²) >= 11 is 0. The topological polar surface area (TPSA) is 85.3 Å². The molecule has 2 aliphatic rings. The van der Waals surface area contributed by atoms with Crippen LogP contribution in [0.1, 0.15) is 49.9 Å². The van der Waals surface area contributed by atoms with Gasteiger partial charge in [-0.3, -0.25) is 9.59 Å². The van der Waals surface area contributed by atoms with Crippen molar-refractivity contribution in [2.45, 2.75) is 51.9 Å². The minimum absolute atomic E-state index is 0.0545. The van der Waals surface area contributed by atoms with Gasteiger partial charge in [-0.15, -0.1) is 0 Å². The molecule has 2 aromatic carbocycles. The fourth-order valence-electron chi connectivity index (χ4n) is 4.61. The Morgan fingerprint density at radius 1 is 1.21 bits per heavy atom. The Kier molecular flexibility index (Phi) is 6.93. The molecule has 34 heavy (non-hydrogen) atoms. The first-order valence-electron chi connectivity index (χ1n) is 11.6. The van der Waals surface area contributed by atoms with E-state index in [1.54, 1.807) is 19.2 Å². The van der Waals surface area contributed by atoms with Crippen molar-refractivity contribution in [2.24, 2.45) is 0 Å². The highest BCUT2D eigenvalue weighted by molar-refractivity contribution is 6.46. The van der Waals surface area contributed by atoms with E-state index in [-0.39, 0.29) is 23.5 Å². The van der Waals surface area contributed by atoms with Crippen molar-refractivity contribution in [3.8, 4) is 11.5 Å². The number of aliphatic hydroxyl groups is 1. The van der Waals surface area contributed by atoms with Gasteiger partial charge in [-0.05, 0) is 57.0 Å². The number of para-hydroxylation sites is 1. The average Bonchev–Trinajstić information content (AvgIpc) is 3.29. The van der Waals surface area contributed by atoms with E-state index >= 15 is 0 Å². The van der Waals surface area contributed by atoms with Gasteiger partial charge in [0.05, 0.1) is 17.7 Å². The normalized spacial score (nSPS) is 21.1. The molecule has 0 aliphatic carbocycles. The number of amides is 1. The van der Waals surface area contributed by atoms with Crippen LogP contribution in [0.15, 0.2) is 48.0 Å². The molecule has 4 rings (SSSR count). The maximum absolute atomic E-state index is 13.3. The minimum Gasteiger partial charge on any atom is -0.507 e. The van der Waals surface area contributed by atoms with Gasteiger partial charge in [0.25, 0.3) is 11.7 Å². The van der Waals surface area contributed by atoms with Crippen LogP contribution in [0.3, 0.4) is 0 Å². The van der Waals surface area contributed by atoms with Crippen LogP contribution in [0.2, 0.25) is 0 Å². The summed E-state index contributed by atoms with van der Waals surface area (Å²) in [5, 5.41) is 11.4. The molecule has 0 spiro atoms. The zero-order chi connectivity index (χ0) is 24.4. The number of benzene rings is 2.